The van der Waals surface area contributed by atoms with Crippen molar-refractivity contribution < 1.29 is 4.79 Å². The van der Waals surface area contributed by atoms with Gasteiger partial charge in [-0.3, -0.25) is 4.79 Å². The van der Waals surface area contributed by atoms with E-state index in [9.17, 15) is 4.79 Å². The van der Waals surface area contributed by atoms with Crippen LogP contribution in [0.25, 0.3) is 0 Å². The Kier molecular flexibility index (Phi) is 7.70. The summed E-state index contributed by atoms with van der Waals surface area (Å²) in [7, 11) is 1.79. The van der Waals surface area contributed by atoms with Gasteiger partial charge in [0, 0.05) is 25.4 Å². The number of pyridine rings is 1. The number of hydrogen-bond donors (Lipinski definition) is 2. The molecule has 0 atom stereocenters. The second-order valence-electron chi connectivity index (χ2n) is 5.53. The van der Waals surface area contributed by atoms with Crippen LogP contribution in [0, 0.1) is 5.92 Å². The molecule has 0 aromatic carbocycles. The highest BCUT2D eigenvalue weighted by molar-refractivity contribution is 5.94. The lowest BCUT2D eigenvalue weighted by Crippen LogP contribution is -2.24. The maximum atomic E-state index is 11.9. The van der Waals surface area contributed by atoms with Gasteiger partial charge in [0.1, 0.15) is 5.82 Å². The molecule has 112 valence electrons. The fourth-order valence-electron chi connectivity index (χ4n) is 2.04. The first-order valence-corrected chi connectivity index (χ1v) is 7.55. The van der Waals surface area contributed by atoms with Gasteiger partial charge in [0.25, 0.3) is 5.91 Å². The Hall–Kier alpha value is -1.58. The molecular formula is C16H27N3O. The van der Waals surface area contributed by atoms with Gasteiger partial charge in [-0.05, 0) is 24.5 Å². The number of aromatic nitrogens is 1. The largest absolute Gasteiger partial charge is 0.373 e. The van der Waals surface area contributed by atoms with Gasteiger partial charge >= 0.3 is 0 Å². The van der Waals surface area contributed by atoms with Gasteiger partial charge in [0.05, 0.1) is 0 Å². The third-order valence-electron chi connectivity index (χ3n) is 3.27. The minimum absolute atomic E-state index is 0.0221. The van der Waals surface area contributed by atoms with E-state index in [2.05, 4.69) is 29.5 Å². The molecule has 2 N–H and O–H groups in total. The van der Waals surface area contributed by atoms with Crippen LogP contribution in [-0.2, 0) is 0 Å². The molecule has 0 unspecified atom stereocenters. The number of nitrogens with one attached hydrogen (secondary N) is 2. The van der Waals surface area contributed by atoms with Crippen molar-refractivity contribution in [2.75, 3.05) is 18.9 Å². The molecule has 4 nitrogen and oxygen atoms in total. The summed E-state index contributed by atoms with van der Waals surface area (Å²) in [4.78, 5) is 16.0. The van der Waals surface area contributed by atoms with Crippen LogP contribution >= 0.6 is 0 Å². The topological polar surface area (TPSA) is 54.0 Å². The fraction of sp³-hybridized carbons (Fsp3) is 0.625. The van der Waals surface area contributed by atoms with E-state index in [-0.39, 0.29) is 5.91 Å². The lowest BCUT2D eigenvalue weighted by Gasteiger charge is -2.07. The van der Waals surface area contributed by atoms with Crippen molar-refractivity contribution in [3.05, 3.63) is 23.9 Å². The quantitative estimate of drug-likeness (QED) is 0.680. The van der Waals surface area contributed by atoms with Gasteiger partial charge < -0.3 is 10.6 Å². The van der Waals surface area contributed by atoms with Crippen molar-refractivity contribution in [2.45, 2.75) is 46.0 Å². The predicted octanol–water partition coefficient (Wildman–Crippen LogP) is 3.46. The first-order chi connectivity index (χ1) is 9.63. The molecule has 0 bridgehead atoms. The zero-order chi connectivity index (χ0) is 14.8. The van der Waals surface area contributed by atoms with Gasteiger partial charge in [-0.2, -0.15) is 0 Å². The summed E-state index contributed by atoms with van der Waals surface area (Å²) in [5.74, 6) is 1.49. The molecule has 0 aliphatic rings. The third-order valence-corrected chi connectivity index (χ3v) is 3.27. The van der Waals surface area contributed by atoms with Crippen LogP contribution in [0.15, 0.2) is 18.3 Å². The number of nitrogens with zero attached hydrogens (tertiary/aromatic N) is 1. The highest BCUT2D eigenvalue weighted by atomic mass is 16.1. The molecule has 1 heterocycles. The van der Waals surface area contributed by atoms with E-state index in [0.29, 0.717) is 11.4 Å². The number of carbonyl (C=O) groups is 1. The molecule has 1 amide bonds. The Morgan fingerprint density at radius 3 is 2.70 bits per heavy atom. The summed E-state index contributed by atoms with van der Waals surface area (Å²) >= 11 is 0. The summed E-state index contributed by atoms with van der Waals surface area (Å²) in [6, 6.07) is 3.50. The van der Waals surface area contributed by atoms with Gasteiger partial charge in [-0.15, -0.1) is 0 Å². The first kappa shape index (κ1) is 16.5. The minimum atomic E-state index is -0.0221. The normalized spacial score (nSPS) is 10.6. The van der Waals surface area contributed by atoms with Crippen LogP contribution in [-0.4, -0.2) is 24.5 Å². The van der Waals surface area contributed by atoms with Crippen LogP contribution in [0.1, 0.15) is 56.3 Å². The molecule has 1 rings (SSSR count). The summed E-state index contributed by atoms with van der Waals surface area (Å²) in [5.41, 5.74) is 0.657. The maximum absolute atomic E-state index is 11.9. The van der Waals surface area contributed by atoms with E-state index in [4.69, 9.17) is 0 Å². The second-order valence-corrected chi connectivity index (χ2v) is 5.53. The summed E-state index contributed by atoms with van der Waals surface area (Å²) < 4.78 is 0. The molecule has 1 aromatic heterocycles. The van der Waals surface area contributed by atoms with Gasteiger partial charge in [-0.1, -0.05) is 39.5 Å². The Morgan fingerprint density at radius 1 is 1.25 bits per heavy atom. The van der Waals surface area contributed by atoms with Crippen molar-refractivity contribution in [2.24, 2.45) is 5.92 Å². The van der Waals surface area contributed by atoms with Crippen LogP contribution in [0.2, 0.25) is 0 Å². The van der Waals surface area contributed by atoms with E-state index in [1.807, 2.05) is 0 Å². The van der Waals surface area contributed by atoms with Gasteiger partial charge in [0.2, 0.25) is 0 Å². The van der Waals surface area contributed by atoms with E-state index < -0.39 is 0 Å². The number of unbranched alkanes of at least 4 members (excludes halogenated alkanes) is 3. The van der Waals surface area contributed by atoms with E-state index in [0.717, 1.165) is 18.9 Å². The zero-order valence-corrected chi connectivity index (χ0v) is 12.9. The number of rotatable bonds is 9. The Labute approximate surface area is 122 Å². The second kappa shape index (κ2) is 9.34. The van der Waals surface area contributed by atoms with Crippen molar-refractivity contribution in [1.29, 1.82) is 0 Å². The molecule has 1 aromatic rings. The van der Waals surface area contributed by atoms with E-state index in [1.54, 1.807) is 25.4 Å². The summed E-state index contributed by atoms with van der Waals surface area (Å²) in [6.07, 6.45) is 7.73. The van der Waals surface area contributed by atoms with Crippen LogP contribution in [0.4, 0.5) is 5.82 Å². The van der Waals surface area contributed by atoms with E-state index in [1.165, 1.54) is 25.7 Å². The molecule has 4 heteroatoms. The molecule has 20 heavy (non-hydrogen) atoms. The zero-order valence-electron chi connectivity index (χ0n) is 12.9. The lowest BCUT2D eigenvalue weighted by molar-refractivity contribution is 0.0953. The molecule has 0 radical (unpaired) electrons. The average molecular weight is 277 g/mol. The Morgan fingerprint density at radius 2 is 2.00 bits per heavy atom. The number of carbonyl (C=O) groups excluding carboxylic acids is 1. The van der Waals surface area contributed by atoms with Gasteiger partial charge in [0.15, 0.2) is 0 Å². The van der Waals surface area contributed by atoms with Crippen molar-refractivity contribution in [3.8, 4) is 0 Å². The van der Waals surface area contributed by atoms with Crippen LogP contribution < -0.4 is 10.6 Å². The SMILES string of the molecule is CNc1cc(C(=O)NCCCCCCC(C)C)ccn1. The first-order valence-electron chi connectivity index (χ1n) is 7.55. The molecule has 0 fully saturated rings. The van der Waals surface area contributed by atoms with Crippen molar-refractivity contribution >= 4 is 11.7 Å². The molecule has 0 aliphatic heterocycles. The molecular weight excluding hydrogens is 250 g/mol. The number of hydrogen-bond acceptors (Lipinski definition) is 3. The highest BCUT2D eigenvalue weighted by Crippen LogP contribution is 2.09. The van der Waals surface area contributed by atoms with E-state index >= 15 is 0 Å². The smallest absolute Gasteiger partial charge is 0.251 e. The molecule has 0 saturated heterocycles. The molecule has 0 saturated carbocycles. The summed E-state index contributed by atoms with van der Waals surface area (Å²) in [5, 5.41) is 5.89. The lowest BCUT2D eigenvalue weighted by atomic mass is 10.0. The number of amides is 1. The average Bonchev–Trinajstić information content (AvgIpc) is 2.45. The van der Waals surface area contributed by atoms with Gasteiger partial charge in [-0.25, -0.2) is 4.98 Å². The third kappa shape index (κ3) is 6.55. The molecule has 0 aliphatic carbocycles. The number of anilines is 1. The standard InChI is InChI=1S/C16H27N3O/c1-13(2)8-6-4-5-7-10-19-16(20)14-9-11-18-15(12-14)17-3/h9,11-13H,4-8,10H2,1-3H3,(H,17,18)(H,19,20). The Bertz CT molecular complexity index is 404. The Balaban J connectivity index is 2.16. The fourth-order valence-corrected chi connectivity index (χ4v) is 2.04. The van der Waals surface area contributed by atoms with Crippen molar-refractivity contribution in [3.63, 3.8) is 0 Å². The van der Waals surface area contributed by atoms with Crippen LogP contribution in [0.3, 0.4) is 0 Å². The monoisotopic (exact) mass is 277 g/mol. The van der Waals surface area contributed by atoms with Crippen molar-refractivity contribution in [1.82, 2.24) is 10.3 Å². The van der Waals surface area contributed by atoms with Crippen LogP contribution in [0.5, 0.6) is 0 Å². The maximum Gasteiger partial charge on any atom is 0.251 e. The minimum Gasteiger partial charge on any atom is -0.373 e. The summed E-state index contributed by atoms with van der Waals surface area (Å²) in [6.45, 7) is 5.26. The predicted molar refractivity (Wildman–Crippen MR) is 84.0 cm³/mol. The highest BCUT2D eigenvalue weighted by Gasteiger charge is 2.05. The molecule has 0 spiro atoms.